The van der Waals surface area contributed by atoms with E-state index in [1.807, 2.05) is 23.1 Å². The van der Waals surface area contributed by atoms with Gasteiger partial charge in [0.2, 0.25) is 0 Å². The fraction of sp³-hybridized carbons (Fsp3) is 0.381. The molecule has 0 radical (unpaired) electrons. The molecule has 0 aromatic heterocycles. The van der Waals surface area contributed by atoms with Gasteiger partial charge in [-0.1, -0.05) is 18.2 Å². The summed E-state index contributed by atoms with van der Waals surface area (Å²) in [5, 5.41) is 0. The fourth-order valence-corrected chi connectivity index (χ4v) is 3.18. The summed E-state index contributed by atoms with van der Waals surface area (Å²) in [6, 6.07) is 15.5. The third kappa shape index (κ3) is 4.64. The number of hydrogen-bond acceptors (Lipinski definition) is 5. The van der Waals surface area contributed by atoms with Gasteiger partial charge in [-0.3, -0.25) is 4.79 Å². The molecule has 0 N–H and O–H groups in total. The Morgan fingerprint density at radius 1 is 0.889 bits per heavy atom. The normalized spacial score (nSPS) is 15.2. The maximum atomic E-state index is 12.8. The van der Waals surface area contributed by atoms with Crippen molar-refractivity contribution in [1.29, 1.82) is 0 Å². The molecule has 27 heavy (non-hydrogen) atoms. The molecular formula is C21H26N2O4. The molecule has 2 aromatic carbocycles. The fourth-order valence-electron chi connectivity index (χ4n) is 3.18. The van der Waals surface area contributed by atoms with Gasteiger partial charge in [0.05, 0.1) is 14.2 Å². The van der Waals surface area contributed by atoms with Crippen molar-refractivity contribution in [1.82, 2.24) is 4.90 Å². The second-order valence-corrected chi connectivity index (χ2v) is 6.46. The Bertz CT molecular complexity index is 736. The predicted molar refractivity (Wildman–Crippen MR) is 105 cm³/mol. The summed E-state index contributed by atoms with van der Waals surface area (Å²) in [5.41, 5.74) is 1.19. The van der Waals surface area contributed by atoms with Gasteiger partial charge in [-0.15, -0.1) is 0 Å². The van der Waals surface area contributed by atoms with E-state index in [1.165, 1.54) is 5.69 Å². The van der Waals surface area contributed by atoms with Crippen LogP contribution in [0.1, 0.15) is 6.92 Å². The first-order valence-corrected chi connectivity index (χ1v) is 9.09. The molecular weight excluding hydrogens is 344 g/mol. The zero-order chi connectivity index (χ0) is 19.2. The summed E-state index contributed by atoms with van der Waals surface area (Å²) in [5.74, 6) is 1.79. The Hall–Kier alpha value is -2.89. The number of amides is 1. The molecule has 0 bridgehead atoms. The van der Waals surface area contributed by atoms with Crippen LogP contribution in [-0.2, 0) is 4.79 Å². The largest absolute Gasteiger partial charge is 0.496 e. The molecule has 3 rings (SSSR count). The van der Waals surface area contributed by atoms with Crippen molar-refractivity contribution in [2.24, 2.45) is 0 Å². The van der Waals surface area contributed by atoms with Gasteiger partial charge in [-0.2, -0.15) is 0 Å². The van der Waals surface area contributed by atoms with Crippen LogP contribution in [0.4, 0.5) is 5.69 Å². The summed E-state index contributed by atoms with van der Waals surface area (Å²) in [7, 11) is 3.17. The number of para-hydroxylation sites is 1. The lowest BCUT2D eigenvalue weighted by Crippen LogP contribution is -2.52. The highest BCUT2D eigenvalue weighted by molar-refractivity contribution is 5.81. The van der Waals surface area contributed by atoms with Gasteiger partial charge in [0, 0.05) is 50.1 Å². The van der Waals surface area contributed by atoms with Crippen molar-refractivity contribution in [3.8, 4) is 17.2 Å². The van der Waals surface area contributed by atoms with Crippen LogP contribution in [0.25, 0.3) is 0 Å². The number of piperazine rings is 1. The van der Waals surface area contributed by atoms with E-state index in [4.69, 9.17) is 14.2 Å². The summed E-state index contributed by atoms with van der Waals surface area (Å²) in [4.78, 5) is 16.9. The summed E-state index contributed by atoms with van der Waals surface area (Å²) < 4.78 is 16.4. The van der Waals surface area contributed by atoms with Crippen LogP contribution in [0.2, 0.25) is 0 Å². The third-order valence-electron chi connectivity index (χ3n) is 4.70. The SMILES string of the molecule is COc1cc(OC)cc(O[C@H](C)C(=O)N2CCN(c3ccccc3)CC2)c1. The number of benzene rings is 2. The molecule has 1 heterocycles. The minimum atomic E-state index is -0.579. The Kier molecular flexibility index (Phi) is 6.06. The van der Waals surface area contributed by atoms with Gasteiger partial charge in [-0.25, -0.2) is 0 Å². The number of hydrogen-bond donors (Lipinski definition) is 0. The predicted octanol–water partition coefficient (Wildman–Crippen LogP) is 2.82. The Morgan fingerprint density at radius 3 is 2.00 bits per heavy atom. The third-order valence-corrected chi connectivity index (χ3v) is 4.70. The average molecular weight is 370 g/mol. The number of carbonyl (C=O) groups excluding carboxylic acids is 1. The van der Waals surface area contributed by atoms with Crippen LogP contribution in [0.15, 0.2) is 48.5 Å². The number of methoxy groups -OCH3 is 2. The van der Waals surface area contributed by atoms with E-state index in [-0.39, 0.29) is 5.91 Å². The van der Waals surface area contributed by atoms with E-state index >= 15 is 0 Å². The minimum Gasteiger partial charge on any atom is -0.496 e. The van der Waals surface area contributed by atoms with Gasteiger partial charge < -0.3 is 24.0 Å². The van der Waals surface area contributed by atoms with Crippen molar-refractivity contribution in [2.75, 3.05) is 45.3 Å². The topological polar surface area (TPSA) is 51.2 Å². The summed E-state index contributed by atoms with van der Waals surface area (Å²) >= 11 is 0. The van der Waals surface area contributed by atoms with E-state index in [1.54, 1.807) is 39.3 Å². The van der Waals surface area contributed by atoms with Crippen molar-refractivity contribution in [3.05, 3.63) is 48.5 Å². The number of rotatable bonds is 6. The van der Waals surface area contributed by atoms with Crippen LogP contribution in [0.3, 0.4) is 0 Å². The minimum absolute atomic E-state index is 0.00972. The van der Waals surface area contributed by atoms with E-state index in [2.05, 4.69) is 17.0 Å². The number of carbonyl (C=O) groups is 1. The monoisotopic (exact) mass is 370 g/mol. The maximum Gasteiger partial charge on any atom is 0.263 e. The molecule has 0 aliphatic carbocycles. The lowest BCUT2D eigenvalue weighted by Gasteiger charge is -2.37. The molecule has 2 aromatic rings. The van der Waals surface area contributed by atoms with Gasteiger partial charge in [0.25, 0.3) is 5.91 Å². The number of ether oxygens (including phenoxy) is 3. The van der Waals surface area contributed by atoms with Crippen LogP contribution in [0.5, 0.6) is 17.2 Å². The van der Waals surface area contributed by atoms with Gasteiger partial charge in [-0.05, 0) is 19.1 Å². The smallest absolute Gasteiger partial charge is 0.263 e. The van der Waals surface area contributed by atoms with Crippen molar-refractivity contribution in [3.63, 3.8) is 0 Å². The molecule has 0 spiro atoms. The number of nitrogens with zero attached hydrogens (tertiary/aromatic N) is 2. The standard InChI is InChI=1S/C21H26N2O4/c1-16(27-20-14-18(25-2)13-19(15-20)26-3)21(24)23-11-9-22(10-12-23)17-7-5-4-6-8-17/h4-8,13-16H,9-12H2,1-3H3/t16-/m1/s1. The Morgan fingerprint density at radius 2 is 1.44 bits per heavy atom. The molecule has 1 atom stereocenters. The molecule has 1 amide bonds. The molecule has 0 unspecified atom stereocenters. The van der Waals surface area contributed by atoms with E-state index in [0.29, 0.717) is 30.3 Å². The maximum absolute atomic E-state index is 12.8. The van der Waals surface area contributed by atoms with Gasteiger partial charge in [0.1, 0.15) is 17.2 Å². The highest BCUT2D eigenvalue weighted by Gasteiger charge is 2.26. The summed E-state index contributed by atoms with van der Waals surface area (Å²) in [6.45, 7) is 4.77. The van der Waals surface area contributed by atoms with E-state index in [9.17, 15) is 4.79 Å². The lowest BCUT2D eigenvalue weighted by molar-refractivity contribution is -0.138. The molecule has 144 valence electrons. The quantitative estimate of drug-likeness (QED) is 0.783. The molecule has 1 fully saturated rings. The van der Waals surface area contributed by atoms with Crippen LogP contribution in [-0.4, -0.2) is 57.3 Å². The molecule has 0 saturated carbocycles. The van der Waals surface area contributed by atoms with Crippen molar-refractivity contribution in [2.45, 2.75) is 13.0 Å². The zero-order valence-electron chi connectivity index (χ0n) is 16.1. The van der Waals surface area contributed by atoms with E-state index < -0.39 is 6.10 Å². The van der Waals surface area contributed by atoms with Gasteiger partial charge >= 0.3 is 0 Å². The first-order valence-electron chi connectivity index (χ1n) is 9.09. The second kappa shape index (κ2) is 8.66. The van der Waals surface area contributed by atoms with Crippen LogP contribution >= 0.6 is 0 Å². The first-order chi connectivity index (χ1) is 13.1. The van der Waals surface area contributed by atoms with Crippen molar-refractivity contribution < 1.29 is 19.0 Å². The summed E-state index contributed by atoms with van der Waals surface area (Å²) in [6.07, 6.45) is -0.579. The first kappa shape index (κ1) is 18.9. The molecule has 1 aliphatic heterocycles. The lowest BCUT2D eigenvalue weighted by atomic mass is 10.2. The molecule has 1 aliphatic rings. The average Bonchev–Trinajstić information content (AvgIpc) is 2.73. The molecule has 6 nitrogen and oxygen atoms in total. The van der Waals surface area contributed by atoms with Crippen LogP contribution < -0.4 is 19.1 Å². The van der Waals surface area contributed by atoms with Crippen molar-refractivity contribution >= 4 is 11.6 Å². The van der Waals surface area contributed by atoms with E-state index in [0.717, 1.165) is 13.1 Å². The second-order valence-electron chi connectivity index (χ2n) is 6.46. The Labute approximate surface area is 160 Å². The zero-order valence-corrected chi connectivity index (χ0v) is 16.1. The Balaban J connectivity index is 1.58. The van der Waals surface area contributed by atoms with Crippen LogP contribution in [0, 0.1) is 0 Å². The highest BCUT2D eigenvalue weighted by Crippen LogP contribution is 2.28. The highest BCUT2D eigenvalue weighted by atomic mass is 16.5. The van der Waals surface area contributed by atoms with Gasteiger partial charge in [0.15, 0.2) is 6.10 Å². The molecule has 6 heteroatoms. The number of anilines is 1. The molecule has 1 saturated heterocycles.